The predicted octanol–water partition coefficient (Wildman–Crippen LogP) is 4.77. The number of aryl methyl sites for hydroxylation is 1. The molecular weight excluding hydrogens is 360 g/mol. The molecule has 3 rings (SSSR count). The Hall–Kier alpha value is -2.57. The lowest BCUT2D eigenvalue weighted by Gasteiger charge is -2.23. The van der Waals surface area contributed by atoms with Gasteiger partial charge in [-0.2, -0.15) is 5.10 Å². The number of nitrogens with two attached hydrogens (primary N) is 1. The van der Waals surface area contributed by atoms with Gasteiger partial charge in [-0.3, -0.25) is 15.9 Å². The SMILES string of the molecule is C=N.CCc1cc(/C(C)=C/C=C/CC2CCC(CC)N2N)ncc1-c1cn[nH]c1. The fourth-order valence-electron chi connectivity index (χ4n) is 3.83. The van der Waals surface area contributed by atoms with Crippen molar-refractivity contribution < 1.29 is 0 Å². The Morgan fingerprint density at radius 2 is 2.07 bits per heavy atom. The molecular formula is C23H34N6. The summed E-state index contributed by atoms with van der Waals surface area (Å²) >= 11 is 0. The van der Waals surface area contributed by atoms with Gasteiger partial charge in [0.1, 0.15) is 0 Å². The molecule has 0 aliphatic carbocycles. The van der Waals surface area contributed by atoms with Crippen LogP contribution in [0.4, 0.5) is 0 Å². The first-order chi connectivity index (χ1) is 14.1. The molecule has 0 aromatic carbocycles. The van der Waals surface area contributed by atoms with E-state index < -0.39 is 0 Å². The Balaban J connectivity index is 0.00000145. The number of pyridine rings is 1. The number of H-pyrrole nitrogens is 1. The van der Waals surface area contributed by atoms with E-state index in [-0.39, 0.29) is 0 Å². The largest absolute Gasteiger partial charge is 0.317 e. The average Bonchev–Trinajstić information content (AvgIpc) is 3.42. The molecule has 2 aromatic rings. The van der Waals surface area contributed by atoms with Crippen LogP contribution < -0.4 is 5.84 Å². The minimum Gasteiger partial charge on any atom is -0.317 e. The van der Waals surface area contributed by atoms with Gasteiger partial charge >= 0.3 is 0 Å². The molecule has 6 nitrogen and oxygen atoms in total. The zero-order valence-electron chi connectivity index (χ0n) is 17.9. The molecule has 1 saturated heterocycles. The molecule has 1 aliphatic heterocycles. The van der Waals surface area contributed by atoms with Crippen molar-refractivity contribution in [1.29, 1.82) is 5.41 Å². The van der Waals surface area contributed by atoms with Crippen LogP contribution in [0.2, 0.25) is 0 Å². The van der Waals surface area contributed by atoms with Gasteiger partial charge in [-0.15, -0.1) is 0 Å². The highest BCUT2D eigenvalue weighted by atomic mass is 15.4. The van der Waals surface area contributed by atoms with Crippen molar-refractivity contribution in [3.8, 4) is 11.1 Å². The molecule has 1 fully saturated rings. The third kappa shape index (κ3) is 5.71. The van der Waals surface area contributed by atoms with E-state index in [1.807, 2.05) is 18.6 Å². The fourth-order valence-corrected chi connectivity index (χ4v) is 3.83. The first-order valence-electron chi connectivity index (χ1n) is 10.3. The number of aromatic amines is 1. The number of rotatable bonds is 7. The summed E-state index contributed by atoms with van der Waals surface area (Å²) in [5.74, 6) is 6.22. The molecule has 0 saturated carbocycles. The second kappa shape index (κ2) is 11.4. The summed E-state index contributed by atoms with van der Waals surface area (Å²) in [7, 11) is 0. The molecule has 2 aromatic heterocycles. The van der Waals surface area contributed by atoms with Gasteiger partial charge in [0.15, 0.2) is 0 Å². The molecule has 156 valence electrons. The maximum absolute atomic E-state index is 6.22. The van der Waals surface area contributed by atoms with Crippen molar-refractivity contribution in [3.05, 3.63) is 54.1 Å². The number of nitrogens with zero attached hydrogens (tertiary/aromatic N) is 3. The second-order valence-corrected chi connectivity index (χ2v) is 7.32. The highest BCUT2D eigenvalue weighted by Crippen LogP contribution is 2.26. The van der Waals surface area contributed by atoms with Crippen LogP contribution in [0.1, 0.15) is 57.7 Å². The van der Waals surface area contributed by atoms with Crippen LogP contribution in [0.5, 0.6) is 0 Å². The summed E-state index contributed by atoms with van der Waals surface area (Å²) in [6.45, 7) is 9.00. The zero-order chi connectivity index (χ0) is 21.2. The van der Waals surface area contributed by atoms with E-state index in [4.69, 9.17) is 11.3 Å². The summed E-state index contributed by atoms with van der Waals surface area (Å²) in [4.78, 5) is 4.66. The average molecular weight is 395 g/mol. The van der Waals surface area contributed by atoms with Crippen LogP contribution >= 0.6 is 0 Å². The number of hydrogen-bond donors (Lipinski definition) is 3. The van der Waals surface area contributed by atoms with Crippen molar-refractivity contribution in [2.75, 3.05) is 0 Å². The Bertz CT molecular complexity index is 809. The number of aromatic nitrogens is 3. The lowest BCUT2D eigenvalue weighted by atomic mass is 10.0. The maximum Gasteiger partial charge on any atom is 0.0661 e. The van der Waals surface area contributed by atoms with Crippen molar-refractivity contribution >= 4 is 12.3 Å². The van der Waals surface area contributed by atoms with Crippen LogP contribution in [-0.2, 0) is 6.42 Å². The van der Waals surface area contributed by atoms with E-state index in [1.54, 1.807) is 0 Å². The lowest BCUT2D eigenvalue weighted by molar-refractivity contribution is 0.194. The van der Waals surface area contributed by atoms with Gasteiger partial charge in [0.2, 0.25) is 0 Å². The highest BCUT2D eigenvalue weighted by molar-refractivity contribution is 5.69. The van der Waals surface area contributed by atoms with Crippen LogP contribution in [0.3, 0.4) is 0 Å². The van der Waals surface area contributed by atoms with E-state index in [0.29, 0.717) is 12.1 Å². The quantitative estimate of drug-likeness (QED) is 0.358. The minimum absolute atomic E-state index is 0.471. The van der Waals surface area contributed by atoms with Crippen molar-refractivity contribution in [3.63, 3.8) is 0 Å². The molecule has 4 N–H and O–H groups in total. The Morgan fingerprint density at radius 3 is 2.69 bits per heavy atom. The van der Waals surface area contributed by atoms with Crippen LogP contribution in [0.25, 0.3) is 16.7 Å². The van der Waals surface area contributed by atoms with Crippen LogP contribution in [0.15, 0.2) is 42.9 Å². The number of hydrazine groups is 1. The summed E-state index contributed by atoms with van der Waals surface area (Å²) in [5, 5.41) is 14.5. The van der Waals surface area contributed by atoms with Crippen LogP contribution in [-0.4, -0.2) is 39.0 Å². The molecule has 0 radical (unpaired) electrons. The topological polar surface area (TPSA) is 94.7 Å². The molecule has 1 aliphatic rings. The molecule has 0 bridgehead atoms. The minimum atomic E-state index is 0.471. The highest BCUT2D eigenvalue weighted by Gasteiger charge is 2.28. The van der Waals surface area contributed by atoms with Crippen molar-refractivity contribution in [2.45, 2.75) is 65.0 Å². The first-order valence-corrected chi connectivity index (χ1v) is 10.3. The van der Waals surface area contributed by atoms with E-state index in [1.165, 1.54) is 24.0 Å². The molecule has 0 spiro atoms. The molecule has 2 unspecified atom stereocenters. The van der Waals surface area contributed by atoms with E-state index >= 15 is 0 Å². The van der Waals surface area contributed by atoms with E-state index in [0.717, 1.165) is 36.1 Å². The number of hydrogen-bond acceptors (Lipinski definition) is 5. The maximum atomic E-state index is 6.22. The van der Waals surface area contributed by atoms with Crippen molar-refractivity contribution in [1.82, 2.24) is 20.2 Å². The van der Waals surface area contributed by atoms with E-state index in [2.05, 4.69) is 72.0 Å². The third-order valence-corrected chi connectivity index (χ3v) is 5.62. The predicted molar refractivity (Wildman–Crippen MR) is 122 cm³/mol. The van der Waals surface area contributed by atoms with Gasteiger partial charge < -0.3 is 5.41 Å². The Kier molecular flexibility index (Phi) is 8.96. The van der Waals surface area contributed by atoms with Gasteiger partial charge in [0.05, 0.1) is 11.9 Å². The zero-order valence-corrected chi connectivity index (χ0v) is 17.9. The molecule has 29 heavy (non-hydrogen) atoms. The summed E-state index contributed by atoms with van der Waals surface area (Å²) in [5.41, 5.74) is 5.71. The fraction of sp³-hybridized carbons (Fsp3) is 0.435. The van der Waals surface area contributed by atoms with Gasteiger partial charge in [-0.1, -0.05) is 32.1 Å². The van der Waals surface area contributed by atoms with Crippen molar-refractivity contribution in [2.24, 2.45) is 5.84 Å². The monoisotopic (exact) mass is 394 g/mol. The van der Waals surface area contributed by atoms with Gasteiger partial charge in [-0.05, 0) is 62.9 Å². The number of allylic oxidation sites excluding steroid dienone is 3. The van der Waals surface area contributed by atoms with Gasteiger partial charge in [-0.25, -0.2) is 5.01 Å². The molecule has 0 amide bonds. The van der Waals surface area contributed by atoms with Gasteiger partial charge in [0.25, 0.3) is 0 Å². The lowest BCUT2D eigenvalue weighted by Crippen LogP contribution is -2.41. The van der Waals surface area contributed by atoms with Crippen LogP contribution in [0, 0.1) is 5.41 Å². The first kappa shape index (κ1) is 22.7. The summed E-state index contributed by atoms with van der Waals surface area (Å²) < 4.78 is 0. The van der Waals surface area contributed by atoms with E-state index in [9.17, 15) is 0 Å². The smallest absolute Gasteiger partial charge is 0.0661 e. The second-order valence-electron chi connectivity index (χ2n) is 7.32. The molecule has 3 heterocycles. The normalized spacial score (nSPS) is 20.1. The Labute approximate surface area is 174 Å². The molecule has 2 atom stereocenters. The standard InChI is InChI=1S/C22H31N5.CH3N/c1-4-17-12-22(24-15-21(17)18-13-25-26-14-18)16(3)8-6-7-9-20-11-10-19(5-2)27(20)23;1-2/h6-8,12-15,19-20H,4-5,9-11,23H2,1-3H3,(H,25,26);2H,1H2/b7-6+,16-8+;. The van der Waals surface area contributed by atoms with Gasteiger partial charge in [0, 0.05) is 35.6 Å². The molecule has 6 heteroatoms. The summed E-state index contributed by atoms with van der Waals surface area (Å²) in [6.07, 6.45) is 17.7. The Morgan fingerprint density at radius 1 is 1.31 bits per heavy atom. The third-order valence-electron chi connectivity index (χ3n) is 5.62. The number of nitrogens with one attached hydrogen (secondary N) is 2. The summed E-state index contributed by atoms with van der Waals surface area (Å²) in [6, 6.07) is 3.21.